The van der Waals surface area contributed by atoms with Gasteiger partial charge in [-0.05, 0) is 78.6 Å². The van der Waals surface area contributed by atoms with E-state index in [1.807, 2.05) is 102 Å². The van der Waals surface area contributed by atoms with Crippen LogP contribution in [0.2, 0.25) is 10.0 Å². The van der Waals surface area contributed by atoms with Crippen LogP contribution in [0.1, 0.15) is 77.6 Å². The van der Waals surface area contributed by atoms with Gasteiger partial charge < -0.3 is 18.6 Å². The number of aromatic nitrogens is 2. The van der Waals surface area contributed by atoms with Crippen LogP contribution in [-0.4, -0.2) is 42.8 Å². The molecule has 12 heteroatoms. The molecule has 8 nitrogen and oxygen atoms in total. The second kappa shape index (κ2) is 17.8. The minimum atomic E-state index is -1.32. The molecule has 4 atom stereocenters. The summed E-state index contributed by atoms with van der Waals surface area (Å²) in [7, 11) is 3.12. The number of benzene rings is 2. The molecule has 0 amide bonds. The summed E-state index contributed by atoms with van der Waals surface area (Å²) in [5.74, 6) is 0.783. The van der Waals surface area contributed by atoms with Crippen LogP contribution >= 0.6 is 23.2 Å². The number of hydrogen-bond donors (Lipinski definition) is 2. The van der Waals surface area contributed by atoms with Crippen molar-refractivity contribution in [2.45, 2.75) is 76.0 Å². The van der Waals surface area contributed by atoms with E-state index in [0.29, 0.717) is 68.3 Å². The van der Waals surface area contributed by atoms with Gasteiger partial charge in [0.25, 0.3) is 0 Å². The lowest BCUT2D eigenvalue weighted by Gasteiger charge is -2.28. The molecule has 0 saturated heterocycles. The highest BCUT2D eigenvalue weighted by Gasteiger charge is 2.32. The van der Waals surface area contributed by atoms with E-state index in [0.717, 1.165) is 11.1 Å². The van der Waals surface area contributed by atoms with Crippen molar-refractivity contribution in [2.24, 2.45) is 0 Å². The lowest BCUT2D eigenvalue weighted by atomic mass is 9.97. The number of ether oxygens (including phenoxy) is 2. The Morgan fingerprint density at radius 1 is 0.654 bits per heavy atom. The van der Waals surface area contributed by atoms with Gasteiger partial charge in [0.15, 0.2) is 0 Å². The van der Waals surface area contributed by atoms with Crippen molar-refractivity contribution in [1.29, 1.82) is 0 Å². The first-order chi connectivity index (χ1) is 24.5. The highest BCUT2D eigenvalue weighted by molar-refractivity contribution is 7.91. The fourth-order valence-corrected chi connectivity index (χ4v) is 7.68. The zero-order valence-electron chi connectivity index (χ0n) is 31.0. The van der Waals surface area contributed by atoms with Crippen molar-refractivity contribution in [3.63, 3.8) is 0 Å². The molecule has 4 rings (SSSR count). The molecule has 0 saturated carbocycles. The molecule has 0 spiro atoms. The lowest BCUT2D eigenvalue weighted by Crippen LogP contribution is -2.41. The average Bonchev–Trinajstić information content (AvgIpc) is 3.10. The van der Waals surface area contributed by atoms with E-state index in [-0.39, 0.29) is 12.1 Å². The van der Waals surface area contributed by atoms with Crippen LogP contribution in [0.4, 0.5) is 0 Å². The first-order valence-corrected chi connectivity index (χ1v) is 19.9. The summed E-state index contributed by atoms with van der Waals surface area (Å²) in [6.07, 6.45) is 4.60. The molecule has 0 fully saturated rings. The average molecular weight is 784 g/mol. The van der Waals surface area contributed by atoms with Crippen molar-refractivity contribution in [2.75, 3.05) is 14.2 Å². The summed E-state index contributed by atoms with van der Waals surface area (Å²) >= 11 is 11.6. The van der Waals surface area contributed by atoms with E-state index in [1.165, 1.54) is 0 Å². The normalized spacial score (nSPS) is 14.3. The molecule has 0 radical (unpaired) electrons. The second-order valence-corrected chi connectivity index (χ2v) is 18.8. The predicted molar refractivity (Wildman–Crippen MR) is 219 cm³/mol. The summed E-state index contributed by atoms with van der Waals surface area (Å²) in [4.78, 5) is 9.67. The summed E-state index contributed by atoms with van der Waals surface area (Å²) in [5.41, 5.74) is 5.53. The maximum Gasteiger partial charge on any atom is 0.218 e. The molecular formula is C40H48Cl2N4O4S2. The van der Waals surface area contributed by atoms with Crippen LogP contribution in [0.5, 0.6) is 11.8 Å². The van der Waals surface area contributed by atoms with Crippen LogP contribution in [0.15, 0.2) is 86.0 Å². The molecule has 0 bridgehead atoms. The molecule has 2 N–H and O–H groups in total. The number of halogens is 2. The number of hydrogen-bond acceptors (Lipinski definition) is 8. The van der Waals surface area contributed by atoms with Crippen LogP contribution in [-0.2, 0) is 22.7 Å². The van der Waals surface area contributed by atoms with Gasteiger partial charge in [-0.3, -0.25) is 0 Å². The number of rotatable bonds is 15. The van der Waals surface area contributed by atoms with Gasteiger partial charge in [0, 0.05) is 56.1 Å². The monoisotopic (exact) mass is 782 g/mol. The van der Waals surface area contributed by atoms with E-state index in [9.17, 15) is 9.11 Å². The second-order valence-electron chi connectivity index (χ2n) is 14.1. The number of methoxy groups -OCH3 is 2. The first kappa shape index (κ1) is 41.7. The number of nitrogens with zero attached hydrogens (tertiary/aromatic N) is 2. The molecule has 2 aromatic carbocycles. The van der Waals surface area contributed by atoms with Crippen molar-refractivity contribution in [3.8, 4) is 45.4 Å². The molecule has 4 aromatic rings. The molecule has 0 aliphatic carbocycles. The minimum absolute atomic E-state index is 0.324. The van der Waals surface area contributed by atoms with E-state index >= 15 is 0 Å². The smallest absolute Gasteiger partial charge is 0.218 e. The van der Waals surface area contributed by atoms with E-state index in [1.54, 1.807) is 26.4 Å². The largest absolute Gasteiger partial charge is 0.598 e. The molecule has 0 aliphatic rings. The van der Waals surface area contributed by atoms with Crippen LogP contribution in [0, 0.1) is 0 Å². The molecule has 4 unspecified atom stereocenters. The first-order valence-electron chi connectivity index (χ1n) is 16.8. The Labute approximate surface area is 325 Å². The van der Waals surface area contributed by atoms with Gasteiger partial charge >= 0.3 is 0 Å². The summed E-state index contributed by atoms with van der Waals surface area (Å²) in [6, 6.07) is 18.3. The van der Waals surface area contributed by atoms with E-state index < -0.39 is 32.2 Å². The van der Waals surface area contributed by atoms with Gasteiger partial charge in [-0.2, -0.15) is 0 Å². The third kappa shape index (κ3) is 9.72. The standard InChI is InChI=1S/C40H48Cl2N4O4S2/c1-11-15-33(45-51(47)39(3,4)5)29-21-23-31(43-37(29)49-9)27-19-13-17-25(35(27)41)26-18-14-20-28(36(26)42)32-24-22-30(38(44-32)50-10)34(16-12-2)46-52(48)40(6,7)8/h11-14,17-24,33-34,45-46H,1-2,15-16H2,3-10H3. The summed E-state index contributed by atoms with van der Waals surface area (Å²) in [6.45, 7) is 19.3. The summed E-state index contributed by atoms with van der Waals surface area (Å²) in [5, 5.41) is 0.925. The molecule has 0 aliphatic heterocycles. The Hall–Kier alpha value is -3.06. The molecule has 278 valence electrons. The molecular weight excluding hydrogens is 736 g/mol. The van der Waals surface area contributed by atoms with Gasteiger partial charge in [0.1, 0.15) is 9.49 Å². The minimum Gasteiger partial charge on any atom is -0.598 e. The Balaban J connectivity index is 1.72. The zero-order chi connectivity index (χ0) is 38.4. The number of pyridine rings is 2. The predicted octanol–water partition coefficient (Wildman–Crippen LogP) is 10.1. The van der Waals surface area contributed by atoms with E-state index in [4.69, 9.17) is 42.6 Å². The van der Waals surface area contributed by atoms with Crippen LogP contribution in [0.3, 0.4) is 0 Å². The summed E-state index contributed by atoms with van der Waals surface area (Å²) < 4.78 is 43.0. The van der Waals surface area contributed by atoms with Gasteiger partial charge in [0.05, 0.1) is 47.7 Å². The SMILES string of the molecule is C=CCC(N[S+]([O-])C(C)(C)C)c1ccc(-c2cccc(-c3cccc(-c4ccc(C(CC=C)N[S+]([O-])C(C)(C)C)c(OC)n4)c3Cl)c2Cl)nc1OC. The van der Waals surface area contributed by atoms with Crippen molar-refractivity contribution in [3.05, 3.63) is 107 Å². The Morgan fingerprint density at radius 3 is 1.31 bits per heavy atom. The molecule has 2 aromatic heterocycles. The Morgan fingerprint density at radius 2 is 1.00 bits per heavy atom. The van der Waals surface area contributed by atoms with Gasteiger partial charge in [-0.25, -0.2) is 9.97 Å². The number of nitrogens with one attached hydrogen (secondary N) is 2. The topological polar surface area (TPSA) is 114 Å². The lowest BCUT2D eigenvalue weighted by molar-refractivity contribution is 0.386. The van der Waals surface area contributed by atoms with Crippen molar-refractivity contribution >= 4 is 45.9 Å². The maximum absolute atomic E-state index is 13.0. The third-order valence-electron chi connectivity index (χ3n) is 8.17. The van der Waals surface area contributed by atoms with Gasteiger partial charge in [-0.1, -0.05) is 71.8 Å². The van der Waals surface area contributed by atoms with Crippen LogP contribution < -0.4 is 18.9 Å². The fraction of sp³-hybridized carbons (Fsp3) is 0.350. The Bertz CT molecular complexity index is 1740. The van der Waals surface area contributed by atoms with Crippen molar-refractivity contribution in [1.82, 2.24) is 19.4 Å². The maximum atomic E-state index is 13.0. The van der Waals surface area contributed by atoms with Gasteiger partial charge in [0.2, 0.25) is 11.8 Å². The fourth-order valence-electron chi connectivity index (χ4n) is 5.36. The highest BCUT2D eigenvalue weighted by atomic mass is 35.5. The quantitative estimate of drug-likeness (QED) is 0.0905. The third-order valence-corrected chi connectivity index (χ3v) is 12.2. The van der Waals surface area contributed by atoms with Gasteiger partial charge in [-0.15, -0.1) is 22.6 Å². The zero-order valence-corrected chi connectivity index (χ0v) is 34.2. The van der Waals surface area contributed by atoms with Crippen LogP contribution in [0.25, 0.3) is 33.6 Å². The molecule has 52 heavy (non-hydrogen) atoms. The highest BCUT2D eigenvalue weighted by Crippen LogP contribution is 2.43. The van der Waals surface area contributed by atoms with E-state index in [2.05, 4.69) is 22.6 Å². The van der Waals surface area contributed by atoms with Crippen molar-refractivity contribution < 1.29 is 18.6 Å². The molecule has 2 heterocycles. The Kier molecular flexibility index (Phi) is 14.3.